The van der Waals surface area contributed by atoms with Gasteiger partial charge in [-0.2, -0.15) is 15.0 Å². The largest absolute Gasteiger partial charge is 0.461 e. The quantitative estimate of drug-likeness (QED) is 0.664. The Kier molecular flexibility index (Phi) is 5.34. The third-order valence-corrected chi connectivity index (χ3v) is 2.76. The van der Waals surface area contributed by atoms with Gasteiger partial charge in [-0.1, -0.05) is 0 Å². The summed E-state index contributed by atoms with van der Waals surface area (Å²) in [5.41, 5.74) is 0. The smallest absolute Gasteiger partial charge is 0.323 e. The fraction of sp³-hybridized carbons (Fsp3) is 0.769. The molecule has 7 heteroatoms. The van der Waals surface area contributed by atoms with E-state index in [-0.39, 0.29) is 6.10 Å². The van der Waals surface area contributed by atoms with Crippen molar-refractivity contribution in [2.45, 2.75) is 32.8 Å². The summed E-state index contributed by atoms with van der Waals surface area (Å²) < 4.78 is 11.0. The number of nitrogens with zero attached hydrogens (tertiary/aromatic N) is 3. The summed E-state index contributed by atoms with van der Waals surface area (Å²) in [5, 5.41) is 6.01. The summed E-state index contributed by atoms with van der Waals surface area (Å²) >= 11 is 0. The van der Waals surface area contributed by atoms with E-state index in [1.165, 1.54) is 12.8 Å². The second-order valence-electron chi connectivity index (χ2n) is 5.13. The van der Waals surface area contributed by atoms with Crippen molar-refractivity contribution < 1.29 is 9.47 Å². The first-order valence-electron chi connectivity index (χ1n) is 7.09. The lowest BCUT2D eigenvalue weighted by Crippen LogP contribution is -2.15. The van der Waals surface area contributed by atoms with Gasteiger partial charge in [0, 0.05) is 20.2 Å². The van der Waals surface area contributed by atoms with Gasteiger partial charge in [-0.25, -0.2) is 0 Å². The van der Waals surface area contributed by atoms with Gasteiger partial charge in [-0.3, -0.25) is 0 Å². The van der Waals surface area contributed by atoms with E-state index in [1.807, 2.05) is 13.8 Å². The predicted molar refractivity (Wildman–Crippen MR) is 77.2 cm³/mol. The van der Waals surface area contributed by atoms with Crippen LogP contribution in [0.1, 0.15) is 26.7 Å². The topological polar surface area (TPSA) is 81.2 Å². The molecule has 0 bridgehead atoms. The lowest BCUT2D eigenvalue weighted by Gasteiger charge is -2.11. The van der Waals surface area contributed by atoms with Gasteiger partial charge >= 0.3 is 6.01 Å². The molecule has 0 spiro atoms. The number of ether oxygens (including phenoxy) is 2. The van der Waals surface area contributed by atoms with Crippen LogP contribution in [-0.2, 0) is 4.74 Å². The zero-order valence-electron chi connectivity index (χ0n) is 12.3. The number of aromatic nitrogens is 3. The molecule has 7 nitrogen and oxygen atoms in total. The van der Waals surface area contributed by atoms with Crippen LogP contribution in [0, 0.1) is 5.92 Å². The van der Waals surface area contributed by atoms with Gasteiger partial charge in [-0.05, 0) is 32.6 Å². The van der Waals surface area contributed by atoms with E-state index < -0.39 is 0 Å². The molecule has 0 amide bonds. The molecule has 1 saturated carbocycles. The van der Waals surface area contributed by atoms with Crippen molar-refractivity contribution in [1.29, 1.82) is 0 Å². The number of hydrogen-bond donors (Lipinski definition) is 2. The average molecular weight is 281 g/mol. The van der Waals surface area contributed by atoms with Crippen molar-refractivity contribution >= 4 is 11.9 Å². The summed E-state index contributed by atoms with van der Waals surface area (Å²) in [6.45, 7) is 6.05. The minimum atomic E-state index is 0.0248. The molecule has 1 aromatic rings. The van der Waals surface area contributed by atoms with Crippen LogP contribution in [0.4, 0.5) is 11.9 Å². The third kappa shape index (κ3) is 5.16. The second-order valence-corrected chi connectivity index (χ2v) is 5.13. The van der Waals surface area contributed by atoms with E-state index in [0.717, 1.165) is 12.5 Å². The molecule has 0 aromatic carbocycles. The van der Waals surface area contributed by atoms with Gasteiger partial charge in [0.2, 0.25) is 11.9 Å². The highest BCUT2D eigenvalue weighted by molar-refractivity contribution is 5.35. The van der Waals surface area contributed by atoms with Crippen molar-refractivity contribution in [3.63, 3.8) is 0 Å². The lowest BCUT2D eigenvalue weighted by atomic mass is 10.5. The van der Waals surface area contributed by atoms with Gasteiger partial charge in [-0.15, -0.1) is 0 Å². The van der Waals surface area contributed by atoms with Gasteiger partial charge < -0.3 is 20.1 Å². The predicted octanol–water partition coefficient (Wildman–Crippen LogP) is 1.54. The van der Waals surface area contributed by atoms with Crippen LogP contribution < -0.4 is 15.4 Å². The molecule has 1 fully saturated rings. The summed E-state index contributed by atoms with van der Waals surface area (Å²) in [5.74, 6) is 1.76. The Morgan fingerprint density at radius 1 is 1.20 bits per heavy atom. The molecular formula is C13H23N5O2. The fourth-order valence-electron chi connectivity index (χ4n) is 1.58. The molecule has 2 rings (SSSR count). The number of rotatable bonds is 9. The van der Waals surface area contributed by atoms with Crippen molar-refractivity contribution in [1.82, 2.24) is 15.0 Å². The first-order chi connectivity index (χ1) is 9.67. The van der Waals surface area contributed by atoms with Crippen LogP contribution >= 0.6 is 0 Å². The number of hydrogen-bond acceptors (Lipinski definition) is 7. The summed E-state index contributed by atoms with van der Waals surface area (Å²) in [6, 6.07) is 0.320. The van der Waals surface area contributed by atoms with E-state index >= 15 is 0 Å². The highest BCUT2D eigenvalue weighted by Gasteiger charge is 2.20. The molecule has 1 aromatic heterocycles. The van der Waals surface area contributed by atoms with Crippen LogP contribution in [0.3, 0.4) is 0 Å². The highest BCUT2D eigenvalue weighted by Crippen LogP contribution is 2.28. The van der Waals surface area contributed by atoms with E-state index in [2.05, 4.69) is 25.6 Å². The molecule has 0 radical (unpaired) electrons. The van der Waals surface area contributed by atoms with Gasteiger partial charge in [0.1, 0.15) is 0 Å². The average Bonchev–Trinajstić information content (AvgIpc) is 3.21. The van der Waals surface area contributed by atoms with E-state index in [4.69, 9.17) is 9.47 Å². The standard InChI is InChI=1S/C13H23N5O2/c1-9(2)20-13-17-11(14-3)16-12(18-13)15-6-7-19-8-10-4-5-10/h9-10H,4-8H2,1-3H3,(H2,14,15,16,17,18). The maximum Gasteiger partial charge on any atom is 0.323 e. The van der Waals surface area contributed by atoms with Crippen LogP contribution in [-0.4, -0.2) is 47.9 Å². The zero-order chi connectivity index (χ0) is 14.4. The zero-order valence-corrected chi connectivity index (χ0v) is 12.3. The van der Waals surface area contributed by atoms with Gasteiger partial charge in [0.05, 0.1) is 12.7 Å². The molecule has 1 heterocycles. The van der Waals surface area contributed by atoms with Gasteiger partial charge in [0.15, 0.2) is 0 Å². The Morgan fingerprint density at radius 3 is 2.60 bits per heavy atom. The summed E-state index contributed by atoms with van der Waals surface area (Å²) in [4.78, 5) is 12.6. The first-order valence-corrected chi connectivity index (χ1v) is 7.09. The molecule has 1 aliphatic rings. The molecule has 1 aliphatic carbocycles. The molecule has 0 atom stereocenters. The second kappa shape index (κ2) is 7.23. The Hall–Kier alpha value is -1.63. The van der Waals surface area contributed by atoms with Crippen molar-refractivity contribution in [2.75, 3.05) is 37.4 Å². The van der Waals surface area contributed by atoms with Crippen molar-refractivity contribution in [3.05, 3.63) is 0 Å². The van der Waals surface area contributed by atoms with E-state index in [9.17, 15) is 0 Å². The van der Waals surface area contributed by atoms with Gasteiger partial charge in [0.25, 0.3) is 0 Å². The molecule has 0 saturated heterocycles. The minimum Gasteiger partial charge on any atom is -0.461 e. The van der Waals surface area contributed by atoms with Crippen molar-refractivity contribution in [3.8, 4) is 6.01 Å². The van der Waals surface area contributed by atoms with Crippen LogP contribution in [0.2, 0.25) is 0 Å². The molecular weight excluding hydrogens is 258 g/mol. The van der Waals surface area contributed by atoms with Crippen LogP contribution in [0.25, 0.3) is 0 Å². The van der Waals surface area contributed by atoms with E-state index in [0.29, 0.717) is 31.1 Å². The Morgan fingerprint density at radius 2 is 1.95 bits per heavy atom. The first kappa shape index (κ1) is 14.8. The Labute approximate surface area is 119 Å². The maximum absolute atomic E-state index is 5.55. The Bertz CT molecular complexity index is 423. The highest BCUT2D eigenvalue weighted by atomic mass is 16.5. The number of anilines is 2. The molecule has 0 aliphatic heterocycles. The molecule has 20 heavy (non-hydrogen) atoms. The lowest BCUT2D eigenvalue weighted by molar-refractivity contribution is 0.133. The van der Waals surface area contributed by atoms with Crippen molar-refractivity contribution in [2.24, 2.45) is 5.92 Å². The fourth-order valence-corrected chi connectivity index (χ4v) is 1.58. The molecule has 2 N–H and O–H groups in total. The summed E-state index contributed by atoms with van der Waals surface area (Å²) in [7, 11) is 1.76. The molecule has 0 unspecified atom stereocenters. The molecule has 112 valence electrons. The maximum atomic E-state index is 5.55. The summed E-state index contributed by atoms with van der Waals surface area (Å²) in [6.07, 6.45) is 2.64. The monoisotopic (exact) mass is 281 g/mol. The van der Waals surface area contributed by atoms with Crippen LogP contribution in [0.5, 0.6) is 6.01 Å². The van der Waals surface area contributed by atoms with Crippen LogP contribution in [0.15, 0.2) is 0 Å². The SMILES string of the molecule is CNc1nc(NCCOCC2CC2)nc(OC(C)C)n1. The number of nitrogens with one attached hydrogen (secondary N) is 2. The Balaban J connectivity index is 1.81. The van der Waals surface area contributed by atoms with E-state index in [1.54, 1.807) is 7.05 Å². The minimum absolute atomic E-state index is 0.0248. The third-order valence-electron chi connectivity index (χ3n) is 2.76. The normalized spacial score (nSPS) is 14.4.